The second-order valence-electron chi connectivity index (χ2n) is 2.36. The zero-order chi connectivity index (χ0) is 9.40. The Hall–Kier alpha value is -1.30. The minimum Gasteiger partial charge on any atom is -0.0985 e. The van der Waals surface area contributed by atoms with Gasteiger partial charge in [0.25, 0.3) is 0 Å². The van der Waals surface area contributed by atoms with Gasteiger partial charge in [0.2, 0.25) is 0 Å². The Morgan fingerprint density at radius 1 is 1.17 bits per heavy atom. The lowest BCUT2D eigenvalue weighted by Gasteiger charge is -1.97. The smallest absolute Gasteiger partial charge is 0.0239 e. The van der Waals surface area contributed by atoms with Crippen LogP contribution in [0.3, 0.4) is 0 Å². The fraction of sp³-hybridized carbons (Fsp3) is 0.167. The average molecular weight is 160 g/mol. The van der Waals surface area contributed by atoms with Crippen LogP contribution in [0.1, 0.15) is 13.8 Å². The number of hydrogen-bond donors (Lipinski definition) is 0. The van der Waals surface area contributed by atoms with Gasteiger partial charge in [0.1, 0.15) is 0 Å². The molecule has 0 fully saturated rings. The molecule has 0 rings (SSSR count). The van der Waals surface area contributed by atoms with E-state index >= 15 is 0 Å². The van der Waals surface area contributed by atoms with Crippen molar-refractivity contribution >= 4 is 0 Å². The van der Waals surface area contributed by atoms with E-state index in [-0.39, 0.29) is 0 Å². The average Bonchev–Trinajstić information content (AvgIpc) is 2.07. The van der Waals surface area contributed by atoms with Gasteiger partial charge < -0.3 is 0 Å². The molecular formula is C12H16. The maximum Gasteiger partial charge on any atom is -0.0239 e. The van der Waals surface area contributed by atoms with Gasteiger partial charge in [-0.1, -0.05) is 49.6 Å². The van der Waals surface area contributed by atoms with Crippen LogP contribution >= 0.6 is 0 Å². The van der Waals surface area contributed by atoms with Gasteiger partial charge in [-0.15, -0.1) is 0 Å². The lowest BCUT2D eigenvalue weighted by Crippen LogP contribution is -1.77. The monoisotopic (exact) mass is 160 g/mol. The second kappa shape index (κ2) is 6.41. The van der Waals surface area contributed by atoms with E-state index in [4.69, 9.17) is 0 Å². The SMILES string of the molecule is C=C/C(=C\C)C(=C)/C=C\C=C/C. The summed E-state index contributed by atoms with van der Waals surface area (Å²) >= 11 is 0. The maximum atomic E-state index is 3.91. The largest absolute Gasteiger partial charge is 0.0985 e. The molecule has 0 heterocycles. The van der Waals surface area contributed by atoms with Crippen molar-refractivity contribution in [2.24, 2.45) is 0 Å². The Balaban J connectivity index is 4.30. The summed E-state index contributed by atoms with van der Waals surface area (Å²) in [6.07, 6.45) is 11.7. The molecule has 0 aromatic rings. The molecule has 0 unspecified atom stereocenters. The summed E-state index contributed by atoms with van der Waals surface area (Å²) in [5.74, 6) is 0. The van der Waals surface area contributed by atoms with Crippen molar-refractivity contribution < 1.29 is 0 Å². The molecule has 0 aromatic heterocycles. The van der Waals surface area contributed by atoms with Crippen molar-refractivity contribution in [2.45, 2.75) is 13.8 Å². The Labute approximate surface area is 75.3 Å². The molecule has 0 aromatic carbocycles. The van der Waals surface area contributed by atoms with Gasteiger partial charge in [0.15, 0.2) is 0 Å². The topological polar surface area (TPSA) is 0 Å². The molecule has 0 spiro atoms. The van der Waals surface area contributed by atoms with Gasteiger partial charge in [0, 0.05) is 0 Å². The third kappa shape index (κ3) is 3.77. The van der Waals surface area contributed by atoms with Gasteiger partial charge >= 0.3 is 0 Å². The molecule has 0 radical (unpaired) electrons. The predicted octanol–water partition coefficient (Wildman–Crippen LogP) is 3.81. The summed E-state index contributed by atoms with van der Waals surface area (Å²) in [5.41, 5.74) is 2.07. The van der Waals surface area contributed by atoms with Crippen LogP contribution in [0.15, 0.2) is 60.8 Å². The Bertz CT molecular complexity index is 237. The summed E-state index contributed by atoms with van der Waals surface area (Å²) in [5, 5.41) is 0. The fourth-order valence-corrected chi connectivity index (χ4v) is 0.813. The minimum atomic E-state index is 0.991. The van der Waals surface area contributed by atoms with E-state index < -0.39 is 0 Å². The van der Waals surface area contributed by atoms with Crippen molar-refractivity contribution in [3.05, 3.63) is 60.8 Å². The normalized spacial score (nSPS) is 12.7. The Morgan fingerprint density at radius 2 is 1.83 bits per heavy atom. The summed E-state index contributed by atoms with van der Waals surface area (Å²) in [7, 11) is 0. The van der Waals surface area contributed by atoms with Crippen LogP contribution in [0, 0.1) is 0 Å². The van der Waals surface area contributed by atoms with E-state index in [1.165, 1.54) is 0 Å². The third-order valence-corrected chi connectivity index (χ3v) is 1.50. The van der Waals surface area contributed by atoms with Crippen molar-refractivity contribution in [1.29, 1.82) is 0 Å². The summed E-state index contributed by atoms with van der Waals surface area (Å²) < 4.78 is 0. The second-order valence-corrected chi connectivity index (χ2v) is 2.36. The summed E-state index contributed by atoms with van der Waals surface area (Å²) in [6, 6.07) is 0. The highest BCUT2D eigenvalue weighted by Crippen LogP contribution is 2.09. The van der Waals surface area contributed by atoms with Gasteiger partial charge in [-0.05, 0) is 25.0 Å². The zero-order valence-corrected chi connectivity index (χ0v) is 7.88. The van der Waals surface area contributed by atoms with Crippen molar-refractivity contribution in [2.75, 3.05) is 0 Å². The van der Waals surface area contributed by atoms with Crippen LogP contribution in [0.25, 0.3) is 0 Å². The van der Waals surface area contributed by atoms with Crippen LogP contribution in [0.4, 0.5) is 0 Å². The maximum absolute atomic E-state index is 3.91. The fourth-order valence-electron chi connectivity index (χ4n) is 0.813. The van der Waals surface area contributed by atoms with Crippen molar-refractivity contribution in [1.82, 2.24) is 0 Å². The zero-order valence-electron chi connectivity index (χ0n) is 7.88. The molecule has 0 aliphatic heterocycles. The molecule has 0 atom stereocenters. The first-order valence-electron chi connectivity index (χ1n) is 4.03. The highest BCUT2D eigenvalue weighted by Gasteiger charge is 1.89. The molecule has 0 heteroatoms. The first-order valence-corrected chi connectivity index (χ1v) is 4.03. The molecule has 0 saturated heterocycles. The Kier molecular flexibility index (Phi) is 5.72. The highest BCUT2D eigenvalue weighted by atomic mass is 13.9. The summed E-state index contributed by atoms with van der Waals surface area (Å²) in [6.45, 7) is 11.6. The number of hydrogen-bond acceptors (Lipinski definition) is 0. The van der Waals surface area contributed by atoms with Crippen LogP contribution in [-0.2, 0) is 0 Å². The summed E-state index contributed by atoms with van der Waals surface area (Å²) in [4.78, 5) is 0. The minimum absolute atomic E-state index is 0.991. The van der Waals surface area contributed by atoms with E-state index in [9.17, 15) is 0 Å². The molecule has 0 amide bonds. The van der Waals surface area contributed by atoms with Crippen molar-refractivity contribution in [3.8, 4) is 0 Å². The lowest BCUT2D eigenvalue weighted by molar-refractivity contribution is 1.53. The van der Waals surface area contributed by atoms with E-state index in [1.807, 2.05) is 50.3 Å². The van der Waals surface area contributed by atoms with Gasteiger partial charge in [-0.25, -0.2) is 0 Å². The lowest BCUT2D eigenvalue weighted by atomic mass is 10.1. The standard InChI is InChI=1S/C12H16/c1-5-8-9-10-11(4)12(6-2)7-3/h5-10H,2,4H2,1,3H3/b8-5-,10-9-,12-7+. The predicted molar refractivity (Wildman–Crippen MR) is 57.0 cm³/mol. The highest BCUT2D eigenvalue weighted by molar-refractivity contribution is 5.44. The van der Waals surface area contributed by atoms with E-state index in [0.29, 0.717) is 0 Å². The molecular weight excluding hydrogens is 144 g/mol. The molecule has 0 N–H and O–H groups in total. The van der Waals surface area contributed by atoms with Crippen LogP contribution in [0.5, 0.6) is 0 Å². The first-order chi connectivity index (χ1) is 5.76. The quantitative estimate of drug-likeness (QED) is 0.549. The molecule has 0 aliphatic rings. The van der Waals surface area contributed by atoms with Crippen LogP contribution < -0.4 is 0 Å². The van der Waals surface area contributed by atoms with Crippen LogP contribution in [-0.4, -0.2) is 0 Å². The van der Waals surface area contributed by atoms with Crippen molar-refractivity contribution in [3.63, 3.8) is 0 Å². The van der Waals surface area contributed by atoms with E-state index in [0.717, 1.165) is 11.1 Å². The molecule has 64 valence electrons. The van der Waals surface area contributed by atoms with E-state index in [1.54, 1.807) is 0 Å². The van der Waals surface area contributed by atoms with Gasteiger partial charge in [-0.3, -0.25) is 0 Å². The molecule has 12 heavy (non-hydrogen) atoms. The number of rotatable bonds is 4. The molecule has 0 bridgehead atoms. The Morgan fingerprint density at radius 3 is 2.25 bits per heavy atom. The van der Waals surface area contributed by atoms with Gasteiger partial charge in [0.05, 0.1) is 0 Å². The molecule has 0 saturated carbocycles. The molecule has 0 aliphatic carbocycles. The number of allylic oxidation sites excluding steroid dienone is 8. The first kappa shape index (κ1) is 10.7. The van der Waals surface area contributed by atoms with Gasteiger partial charge in [-0.2, -0.15) is 0 Å². The third-order valence-electron chi connectivity index (χ3n) is 1.50. The van der Waals surface area contributed by atoms with E-state index in [2.05, 4.69) is 13.2 Å². The van der Waals surface area contributed by atoms with Crippen LogP contribution in [0.2, 0.25) is 0 Å². The molecule has 0 nitrogen and oxygen atoms in total.